The van der Waals surface area contributed by atoms with Crippen molar-refractivity contribution in [1.29, 1.82) is 0 Å². The van der Waals surface area contributed by atoms with Crippen LogP contribution < -0.4 is 5.32 Å². The maximum atomic E-state index is 13.6. The molecule has 0 radical (unpaired) electrons. The van der Waals surface area contributed by atoms with E-state index in [0.29, 0.717) is 10.6 Å². The third-order valence-corrected chi connectivity index (χ3v) is 3.45. The van der Waals surface area contributed by atoms with Crippen LogP contribution in [0.2, 0.25) is 5.02 Å². The van der Waals surface area contributed by atoms with Crippen molar-refractivity contribution in [3.05, 3.63) is 76.3 Å². The van der Waals surface area contributed by atoms with E-state index in [0.717, 1.165) is 12.1 Å². The van der Waals surface area contributed by atoms with Gasteiger partial charge >= 0.3 is 0 Å². The van der Waals surface area contributed by atoms with Crippen LogP contribution in [0.3, 0.4) is 0 Å². The molecular formula is C17H14ClF2NO. The Labute approximate surface area is 132 Å². The van der Waals surface area contributed by atoms with Gasteiger partial charge in [0.2, 0.25) is 5.91 Å². The number of halogens is 3. The van der Waals surface area contributed by atoms with E-state index in [1.165, 1.54) is 12.1 Å². The van der Waals surface area contributed by atoms with Gasteiger partial charge in [0.25, 0.3) is 0 Å². The highest BCUT2D eigenvalue weighted by Gasteiger charge is 2.13. The summed E-state index contributed by atoms with van der Waals surface area (Å²) in [7, 11) is 0. The van der Waals surface area contributed by atoms with Crippen molar-refractivity contribution < 1.29 is 13.6 Å². The van der Waals surface area contributed by atoms with Gasteiger partial charge in [-0.25, -0.2) is 8.78 Å². The smallest absolute Gasteiger partial charge is 0.244 e. The topological polar surface area (TPSA) is 29.1 Å². The maximum Gasteiger partial charge on any atom is 0.244 e. The number of hydrogen-bond acceptors (Lipinski definition) is 1. The predicted octanol–water partition coefficient (Wildman–Crippen LogP) is 4.51. The van der Waals surface area contributed by atoms with Crippen LogP contribution in [0.15, 0.2) is 48.5 Å². The van der Waals surface area contributed by atoms with E-state index < -0.39 is 23.6 Å². The lowest BCUT2D eigenvalue weighted by atomic mass is 10.1. The molecule has 0 aromatic heterocycles. The van der Waals surface area contributed by atoms with E-state index in [1.807, 2.05) is 0 Å². The van der Waals surface area contributed by atoms with Gasteiger partial charge in [-0.05, 0) is 30.7 Å². The number of hydrogen-bond donors (Lipinski definition) is 1. The van der Waals surface area contributed by atoms with Gasteiger partial charge in [-0.2, -0.15) is 0 Å². The van der Waals surface area contributed by atoms with E-state index in [1.54, 1.807) is 37.3 Å². The van der Waals surface area contributed by atoms with Crippen LogP contribution in [-0.2, 0) is 4.79 Å². The molecule has 0 spiro atoms. The fraction of sp³-hybridized carbons (Fsp3) is 0.118. The standard InChI is InChI=1S/C17H14ClF2NO/c1-11(14-8-7-13(19)10-16(14)20)21-17(22)9-6-12-4-2-3-5-15(12)18/h2-11H,1H3,(H,21,22)/b9-6+. The monoisotopic (exact) mass is 321 g/mol. The number of benzene rings is 2. The Morgan fingerprint density at radius 2 is 1.95 bits per heavy atom. The molecule has 0 aliphatic rings. The number of nitrogens with one attached hydrogen (secondary N) is 1. The molecule has 2 rings (SSSR count). The molecule has 2 aromatic carbocycles. The molecule has 1 unspecified atom stereocenters. The minimum atomic E-state index is -0.692. The summed E-state index contributed by atoms with van der Waals surface area (Å²) in [6.07, 6.45) is 2.89. The molecule has 2 aromatic rings. The molecule has 2 nitrogen and oxygen atoms in total. The van der Waals surface area contributed by atoms with Crippen LogP contribution in [0, 0.1) is 11.6 Å². The van der Waals surface area contributed by atoms with Gasteiger partial charge in [-0.3, -0.25) is 4.79 Å². The van der Waals surface area contributed by atoms with Crippen molar-refractivity contribution in [1.82, 2.24) is 5.32 Å². The normalized spacial score (nSPS) is 12.4. The van der Waals surface area contributed by atoms with Crippen LogP contribution in [0.5, 0.6) is 0 Å². The van der Waals surface area contributed by atoms with Gasteiger partial charge in [-0.15, -0.1) is 0 Å². The van der Waals surface area contributed by atoms with Crippen molar-refractivity contribution >= 4 is 23.6 Å². The third kappa shape index (κ3) is 4.15. The quantitative estimate of drug-likeness (QED) is 0.825. The fourth-order valence-electron chi connectivity index (χ4n) is 1.97. The van der Waals surface area contributed by atoms with Crippen molar-refractivity contribution in [3.8, 4) is 0 Å². The molecule has 0 saturated heterocycles. The first kappa shape index (κ1) is 16.2. The number of carbonyl (C=O) groups excluding carboxylic acids is 1. The Morgan fingerprint density at radius 1 is 1.23 bits per heavy atom. The van der Waals surface area contributed by atoms with E-state index in [2.05, 4.69) is 5.32 Å². The Morgan fingerprint density at radius 3 is 2.64 bits per heavy atom. The third-order valence-electron chi connectivity index (χ3n) is 3.11. The highest BCUT2D eigenvalue weighted by molar-refractivity contribution is 6.32. The van der Waals surface area contributed by atoms with Crippen LogP contribution in [-0.4, -0.2) is 5.91 Å². The largest absolute Gasteiger partial charge is 0.346 e. The lowest BCUT2D eigenvalue weighted by molar-refractivity contribution is -0.117. The van der Waals surface area contributed by atoms with Crippen molar-refractivity contribution in [3.63, 3.8) is 0 Å². The van der Waals surface area contributed by atoms with Gasteiger partial charge in [0.15, 0.2) is 0 Å². The molecule has 1 atom stereocenters. The summed E-state index contributed by atoms with van der Waals surface area (Å²) in [5.74, 6) is -1.74. The second-order valence-corrected chi connectivity index (χ2v) is 5.16. The lowest BCUT2D eigenvalue weighted by Gasteiger charge is -2.13. The Bertz CT molecular complexity index is 716. The molecule has 114 valence electrons. The summed E-state index contributed by atoms with van der Waals surface area (Å²) in [4.78, 5) is 11.9. The van der Waals surface area contributed by atoms with Gasteiger partial charge in [0, 0.05) is 22.7 Å². The molecule has 1 N–H and O–H groups in total. The zero-order valence-electron chi connectivity index (χ0n) is 11.8. The molecule has 0 saturated carbocycles. The summed E-state index contributed by atoms with van der Waals surface area (Å²) < 4.78 is 26.5. The van der Waals surface area contributed by atoms with Crippen molar-refractivity contribution in [2.75, 3.05) is 0 Å². The van der Waals surface area contributed by atoms with Gasteiger partial charge in [0.05, 0.1) is 6.04 Å². The maximum absolute atomic E-state index is 13.6. The fourth-order valence-corrected chi connectivity index (χ4v) is 2.17. The molecular weight excluding hydrogens is 308 g/mol. The first-order valence-corrected chi connectivity index (χ1v) is 7.03. The predicted molar refractivity (Wildman–Crippen MR) is 83.4 cm³/mol. The van der Waals surface area contributed by atoms with Crippen molar-refractivity contribution in [2.45, 2.75) is 13.0 Å². The SMILES string of the molecule is CC(NC(=O)/C=C/c1ccccc1Cl)c1ccc(F)cc1F. The number of amides is 1. The van der Waals surface area contributed by atoms with Crippen LogP contribution in [0.1, 0.15) is 24.1 Å². The highest BCUT2D eigenvalue weighted by atomic mass is 35.5. The first-order valence-electron chi connectivity index (χ1n) is 6.65. The number of rotatable bonds is 4. The number of carbonyl (C=O) groups is 1. The molecule has 22 heavy (non-hydrogen) atoms. The van der Waals surface area contributed by atoms with E-state index in [4.69, 9.17) is 11.6 Å². The van der Waals surface area contributed by atoms with Gasteiger partial charge in [0.1, 0.15) is 11.6 Å². The molecule has 0 aliphatic heterocycles. The van der Waals surface area contributed by atoms with E-state index >= 15 is 0 Å². The Balaban J connectivity index is 2.04. The molecule has 0 heterocycles. The molecule has 0 fully saturated rings. The summed E-state index contributed by atoms with van der Waals surface area (Å²) >= 11 is 5.98. The summed E-state index contributed by atoms with van der Waals surface area (Å²) in [5.41, 5.74) is 0.931. The Kier molecular flexibility index (Phi) is 5.28. The zero-order valence-corrected chi connectivity index (χ0v) is 12.6. The molecule has 1 amide bonds. The van der Waals surface area contributed by atoms with Crippen molar-refractivity contribution in [2.24, 2.45) is 0 Å². The second kappa shape index (κ2) is 7.18. The van der Waals surface area contributed by atoms with Gasteiger partial charge < -0.3 is 5.32 Å². The van der Waals surface area contributed by atoms with Gasteiger partial charge in [-0.1, -0.05) is 35.9 Å². The summed E-state index contributed by atoms with van der Waals surface area (Å²) in [6.45, 7) is 1.62. The second-order valence-electron chi connectivity index (χ2n) is 4.75. The minimum Gasteiger partial charge on any atom is -0.346 e. The van der Waals surface area contributed by atoms with E-state index in [9.17, 15) is 13.6 Å². The molecule has 5 heteroatoms. The van der Waals surface area contributed by atoms with E-state index in [-0.39, 0.29) is 5.56 Å². The Hall–Kier alpha value is -2.20. The minimum absolute atomic E-state index is 0.223. The molecule has 0 bridgehead atoms. The summed E-state index contributed by atoms with van der Waals surface area (Å²) in [6, 6.07) is 9.76. The van der Waals surface area contributed by atoms with Crippen LogP contribution in [0.25, 0.3) is 6.08 Å². The molecule has 0 aliphatic carbocycles. The average molecular weight is 322 g/mol. The zero-order chi connectivity index (χ0) is 16.1. The summed E-state index contributed by atoms with van der Waals surface area (Å²) in [5, 5.41) is 3.15. The average Bonchev–Trinajstić information content (AvgIpc) is 2.46. The highest BCUT2D eigenvalue weighted by Crippen LogP contribution is 2.18. The first-order chi connectivity index (χ1) is 10.5. The lowest BCUT2D eigenvalue weighted by Crippen LogP contribution is -2.25. The van der Waals surface area contributed by atoms with Crippen LogP contribution >= 0.6 is 11.6 Å². The van der Waals surface area contributed by atoms with Crippen LogP contribution in [0.4, 0.5) is 8.78 Å².